The molecular weight excluding hydrogens is 278 g/mol. The third-order valence-electron chi connectivity index (χ3n) is 3.63. The van der Waals surface area contributed by atoms with Gasteiger partial charge in [0.15, 0.2) is 0 Å². The van der Waals surface area contributed by atoms with Crippen LogP contribution in [-0.4, -0.2) is 17.9 Å². The fourth-order valence-electron chi connectivity index (χ4n) is 2.50. The smallest absolute Gasteiger partial charge is 0.241 e. The van der Waals surface area contributed by atoms with Crippen molar-refractivity contribution in [2.75, 3.05) is 10.6 Å². The van der Waals surface area contributed by atoms with Gasteiger partial charge in [0.2, 0.25) is 11.8 Å². The summed E-state index contributed by atoms with van der Waals surface area (Å²) in [6.45, 7) is 0. The SMILES string of the molecule is N[C@@H](Cc1ccccc1)C(=O)Nc1ccc2c(c1)CC(=O)N2. The van der Waals surface area contributed by atoms with Gasteiger partial charge in [0.05, 0.1) is 12.5 Å². The Kier molecular flexibility index (Phi) is 3.89. The fraction of sp³-hybridized carbons (Fsp3) is 0.176. The normalized spacial score (nSPS) is 14.1. The molecular formula is C17H17N3O2. The Hall–Kier alpha value is -2.66. The second kappa shape index (κ2) is 5.99. The molecule has 0 aliphatic carbocycles. The summed E-state index contributed by atoms with van der Waals surface area (Å²) in [5.41, 5.74) is 9.32. The molecule has 0 bridgehead atoms. The quantitative estimate of drug-likeness (QED) is 0.802. The van der Waals surface area contributed by atoms with Crippen LogP contribution < -0.4 is 16.4 Å². The van der Waals surface area contributed by atoms with E-state index in [9.17, 15) is 9.59 Å². The lowest BCUT2D eigenvalue weighted by Gasteiger charge is -2.13. The van der Waals surface area contributed by atoms with Gasteiger partial charge in [-0.1, -0.05) is 30.3 Å². The minimum Gasteiger partial charge on any atom is -0.326 e. The maximum absolute atomic E-state index is 12.2. The third kappa shape index (κ3) is 3.15. The summed E-state index contributed by atoms with van der Waals surface area (Å²) in [6.07, 6.45) is 0.826. The van der Waals surface area contributed by atoms with Crippen LogP contribution >= 0.6 is 0 Å². The molecule has 0 unspecified atom stereocenters. The van der Waals surface area contributed by atoms with Crippen LogP contribution in [0.15, 0.2) is 48.5 Å². The molecule has 0 spiro atoms. The Balaban J connectivity index is 1.64. The molecule has 0 fully saturated rings. The fourth-order valence-corrected chi connectivity index (χ4v) is 2.50. The number of nitrogens with one attached hydrogen (secondary N) is 2. The number of hydrogen-bond acceptors (Lipinski definition) is 3. The average Bonchev–Trinajstić information content (AvgIpc) is 2.87. The van der Waals surface area contributed by atoms with Crippen LogP contribution in [0.5, 0.6) is 0 Å². The largest absolute Gasteiger partial charge is 0.326 e. The van der Waals surface area contributed by atoms with Crippen molar-refractivity contribution in [1.29, 1.82) is 0 Å². The first-order valence-corrected chi connectivity index (χ1v) is 7.15. The lowest BCUT2D eigenvalue weighted by molar-refractivity contribution is -0.117. The van der Waals surface area contributed by atoms with Crippen LogP contribution in [0.1, 0.15) is 11.1 Å². The van der Waals surface area contributed by atoms with E-state index >= 15 is 0 Å². The van der Waals surface area contributed by atoms with Gasteiger partial charge in [-0.25, -0.2) is 0 Å². The van der Waals surface area contributed by atoms with Crippen molar-refractivity contribution in [1.82, 2.24) is 0 Å². The number of nitrogens with two attached hydrogens (primary N) is 1. The van der Waals surface area contributed by atoms with Gasteiger partial charge in [-0.2, -0.15) is 0 Å². The molecule has 1 aliphatic rings. The van der Waals surface area contributed by atoms with Gasteiger partial charge in [-0.3, -0.25) is 9.59 Å². The summed E-state index contributed by atoms with van der Waals surface area (Å²) in [6, 6.07) is 14.4. The zero-order valence-electron chi connectivity index (χ0n) is 12.0. The standard InChI is InChI=1S/C17H17N3O2/c18-14(8-11-4-2-1-3-5-11)17(22)19-13-6-7-15-12(9-13)10-16(21)20-15/h1-7,9,14H,8,10,18H2,(H,19,22)(H,20,21)/t14-/m0/s1. The Morgan fingerprint density at radius 1 is 1.23 bits per heavy atom. The lowest BCUT2D eigenvalue weighted by atomic mass is 10.1. The van der Waals surface area contributed by atoms with Crippen LogP contribution in [0.25, 0.3) is 0 Å². The van der Waals surface area contributed by atoms with Crippen molar-refractivity contribution in [3.63, 3.8) is 0 Å². The first-order valence-electron chi connectivity index (χ1n) is 7.15. The highest BCUT2D eigenvalue weighted by molar-refractivity contribution is 6.00. The minimum absolute atomic E-state index is 0.0285. The number of rotatable bonds is 4. The molecule has 3 rings (SSSR count). The highest BCUT2D eigenvalue weighted by Gasteiger charge is 2.19. The Morgan fingerprint density at radius 2 is 2.00 bits per heavy atom. The van der Waals surface area contributed by atoms with E-state index in [-0.39, 0.29) is 11.8 Å². The summed E-state index contributed by atoms with van der Waals surface area (Å²) in [5, 5.41) is 5.56. The number of carbonyl (C=O) groups excluding carboxylic acids is 2. The van der Waals surface area contributed by atoms with E-state index in [1.54, 1.807) is 18.2 Å². The molecule has 2 aromatic rings. The monoisotopic (exact) mass is 295 g/mol. The van der Waals surface area contributed by atoms with Crippen molar-refractivity contribution in [2.45, 2.75) is 18.9 Å². The molecule has 112 valence electrons. The molecule has 22 heavy (non-hydrogen) atoms. The van der Waals surface area contributed by atoms with Crippen molar-refractivity contribution >= 4 is 23.2 Å². The molecule has 0 radical (unpaired) electrons. The number of amides is 2. The van der Waals surface area contributed by atoms with Crippen LogP contribution in [-0.2, 0) is 22.4 Å². The van der Waals surface area contributed by atoms with E-state index < -0.39 is 6.04 Å². The Morgan fingerprint density at radius 3 is 2.77 bits per heavy atom. The van der Waals surface area contributed by atoms with Gasteiger partial charge >= 0.3 is 0 Å². The van der Waals surface area contributed by atoms with Crippen LogP contribution in [0.3, 0.4) is 0 Å². The molecule has 1 heterocycles. The van der Waals surface area contributed by atoms with E-state index in [2.05, 4.69) is 10.6 Å². The molecule has 0 aromatic heterocycles. The van der Waals surface area contributed by atoms with Crippen molar-refractivity contribution in [2.24, 2.45) is 5.73 Å². The zero-order chi connectivity index (χ0) is 15.5. The maximum atomic E-state index is 12.2. The lowest BCUT2D eigenvalue weighted by Crippen LogP contribution is -2.37. The van der Waals surface area contributed by atoms with Crippen LogP contribution in [0.4, 0.5) is 11.4 Å². The first-order chi connectivity index (χ1) is 10.6. The summed E-state index contributed by atoms with van der Waals surface area (Å²) < 4.78 is 0. The highest BCUT2D eigenvalue weighted by Crippen LogP contribution is 2.26. The minimum atomic E-state index is -0.615. The van der Waals surface area contributed by atoms with Gasteiger partial charge in [0, 0.05) is 11.4 Å². The molecule has 2 amide bonds. The predicted octanol–water partition coefficient (Wildman–Crippen LogP) is 1.69. The molecule has 0 saturated heterocycles. The maximum Gasteiger partial charge on any atom is 0.241 e. The number of hydrogen-bond donors (Lipinski definition) is 3. The van der Waals surface area contributed by atoms with Crippen molar-refractivity contribution in [3.05, 3.63) is 59.7 Å². The van der Waals surface area contributed by atoms with E-state index in [4.69, 9.17) is 5.73 Å². The molecule has 1 atom stereocenters. The van der Waals surface area contributed by atoms with Crippen LogP contribution in [0, 0.1) is 0 Å². The zero-order valence-corrected chi connectivity index (χ0v) is 12.0. The Bertz CT molecular complexity index is 713. The topological polar surface area (TPSA) is 84.2 Å². The van der Waals surface area contributed by atoms with E-state index in [0.717, 1.165) is 16.8 Å². The summed E-state index contributed by atoms with van der Waals surface area (Å²) in [5.74, 6) is -0.264. The second-order valence-corrected chi connectivity index (χ2v) is 5.38. The van der Waals surface area contributed by atoms with E-state index in [0.29, 0.717) is 18.5 Å². The van der Waals surface area contributed by atoms with Crippen molar-refractivity contribution in [3.8, 4) is 0 Å². The van der Waals surface area contributed by atoms with Gasteiger partial charge in [0.1, 0.15) is 0 Å². The molecule has 5 heteroatoms. The predicted molar refractivity (Wildman–Crippen MR) is 85.5 cm³/mol. The number of carbonyl (C=O) groups is 2. The second-order valence-electron chi connectivity index (χ2n) is 5.38. The molecule has 5 nitrogen and oxygen atoms in total. The van der Waals surface area contributed by atoms with E-state index in [1.165, 1.54) is 0 Å². The van der Waals surface area contributed by atoms with Gasteiger partial charge in [-0.05, 0) is 35.7 Å². The first kappa shape index (κ1) is 14.3. The summed E-state index contributed by atoms with van der Waals surface area (Å²) in [7, 11) is 0. The average molecular weight is 295 g/mol. The summed E-state index contributed by atoms with van der Waals surface area (Å²) >= 11 is 0. The number of anilines is 2. The van der Waals surface area contributed by atoms with Crippen molar-refractivity contribution < 1.29 is 9.59 Å². The van der Waals surface area contributed by atoms with E-state index in [1.807, 2.05) is 30.3 Å². The molecule has 1 aliphatic heterocycles. The molecule has 0 saturated carbocycles. The van der Waals surface area contributed by atoms with Gasteiger partial charge in [-0.15, -0.1) is 0 Å². The van der Waals surface area contributed by atoms with Gasteiger partial charge in [0.25, 0.3) is 0 Å². The molecule has 4 N–H and O–H groups in total. The Labute approximate surface area is 128 Å². The molecule has 2 aromatic carbocycles. The third-order valence-corrected chi connectivity index (χ3v) is 3.63. The number of benzene rings is 2. The summed E-state index contributed by atoms with van der Waals surface area (Å²) in [4.78, 5) is 23.5. The highest BCUT2D eigenvalue weighted by atomic mass is 16.2. The van der Waals surface area contributed by atoms with Crippen LogP contribution in [0.2, 0.25) is 0 Å². The van der Waals surface area contributed by atoms with Gasteiger partial charge < -0.3 is 16.4 Å². The number of fused-ring (bicyclic) bond motifs is 1.